The average Bonchev–Trinajstić information content (AvgIpc) is 2.94. The van der Waals surface area contributed by atoms with Crippen LogP contribution in [0.4, 0.5) is 0 Å². The smallest absolute Gasteiger partial charge is 0.402 e. The van der Waals surface area contributed by atoms with Crippen LogP contribution in [0.1, 0.15) is 13.8 Å². The second-order valence-corrected chi connectivity index (χ2v) is 10.4. The number of aliphatic hydroxyl groups excluding tert-OH is 5. The summed E-state index contributed by atoms with van der Waals surface area (Å²) in [6, 6.07) is 9.61. The second kappa shape index (κ2) is 11.5. The van der Waals surface area contributed by atoms with E-state index in [4.69, 9.17) is 23.4 Å². The Kier molecular flexibility index (Phi) is 8.23. The molecular formula is C28H33O13+. The maximum atomic E-state index is 10.7. The van der Waals surface area contributed by atoms with Crippen molar-refractivity contribution in [3.63, 3.8) is 0 Å². The molecule has 13 nitrogen and oxygen atoms in total. The molecule has 0 amide bonds. The van der Waals surface area contributed by atoms with E-state index in [1.807, 2.05) is 0 Å². The first-order chi connectivity index (χ1) is 19.4. The Bertz CT molecular complexity index is 1370. The largest absolute Gasteiger partial charge is 0.508 e. The number of phenols is 3. The van der Waals surface area contributed by atoms with Gasteiger partial charge in [-0.05, 0) is 31.2 Å². The molecule has 1 aromatic heterocycles. The third kappa shape index (κ3) is 5.76. The zero-order valence-corrected chi connectivity index (χ0v) is 22.1. The van der Waals surface area contributed by atoms with Gasteiger partial charge in [0.1, 0.15) is 53.2 Å². The maximum absolute atomic E-state index is 10.7. The van der Waals surface area contributed by atoms with Crippen molar-refractivity contribution in [1.82, 2.24) is 0 Å². The first-order valence-corrected chi connectivity index (χ1v) is 13.1. The monoisotopic (exact) mass is 577 g/mol. The van der Waals surface area contributed by atoms with Gasteiger partial charge in [0.05, 0.1) is 30.4 Å². The number of rotatable bonds is 6. The molecule has 2 aliphatic heterocycles. The number of fused-ring (bicyclic) bond motifs is 1. The van der Waals surface area contributed by atoms with Crippen molar-refractivity contribution < 1.29 is 64.2 Å². The van der Waals surface area contributed by atoms with E-state index in [1.165, 1.54) is 36.4 Å². The molecule has 2 saturated heterocycles. The summed E-state index contributed by atoms with van der Waals surface area (Å²) in [6.45, 7) is 3.02. The lowest BCUT2D eigenvalue weighted by atomic mass is 9.92. The SMILES string of the molecule is C[C@@H]1[C@@H](O)[C@@H](O)[C@H](OC[C@H]2O[C@@H](Oc3cc4c(O)cc(O)cc4[o+]c3-c3ccc(O)cc3)[C@H](O)[C@@H](O)[C@@H]2O)O[C@H]1C. The van der Waals surface area contributed by atoms with Crippen molar-refractivity contribution in [3.05, 3.63) is 42.5 Å². The number of benzene rings is 2. The normalized spacial score (nSPS) is 34.0. The molecule has 8 N–H and O–H groups in total. The molecule has 0 bridgehead atoms. The Labute approximate surface area is 234 Å². The summed E-state index contributed by atoms with van der Waals surface area (Å²) in [5.41, 5.74) is 0.514. The van der Waals surface area contributed by atoms with Crippen LogP contribution in [0.5, 0.6) is 23.0 Å². The van der Waals surface area contributed by atoms with Crippen LogP contribution in [0.2, 0.25) is 0 Å². The molecule has 2 aliphatic rings. The summed E-state index contributed by atoms with van der Waals surface area (Å²) in [4.78, 5) is 0. The average molecular weight is 578 g/mol. The predicted molar refractivity (Wildman–Crippen MR) is 140 cm³/mol. The minimum Gasteiger partial charge on any atom is -0.508 e. The molecule has 0 aliphatic carbocycles. The minimum absolute atomic E-state index is 0.0123. The third-order valence-electron chi connectivity index (χ3n) is 7.54. The first-order valence-electron chi connectivity index (χ1n) is 13.1. The van der Waals surface area contributed by atoms with Gasteiger partial charge in [0, 0.05) is 18.1 Å². The fraction of sp³-hybridized carbons (Fsp3) is 0.464. The van der Waals surface area contributed by atoms with E-state index in [2.05, 4.69) is 0 Å². The van der Waals surface area contributed by atoms with Gasteiger partial charge in [0.2, 0.25) is 12.0 Å². The summed E-state index contributed by atoms with van der Waals surface area (Å²) >= 11 is 0. The number of hydrogen-bond acceptors (Lipinski definition) is 12. The third-order valence-corrected chi connectivity index (χ3v) is 7.54. The minimum atomic E-state index is -1.74. The lowest BCUT2D eigenvalue weighted by Crippen LogP contribution is -2.61. The Morgan fingerprint density at radius 3 is 2.15 bits per heavy atom. The number of hydrogen-bond donors (Lipinski definition) is 8. The number of ether oxygens (including phenoxy) is 4. The fourth-order valence-electron chi connectivity index (χ4n) is 4.86. The molecule has 3 heterocycles. The van der Waals surface area contributed by atoms with E-state index in [0.717, 1.165) is 6.07 Å². The van der Waals surface area contributed by atoms with Crippen molar-refractivity contribution in [2.45, 2.75) is 69.2 Å². The van der Waals surface area contributed by atoms with Crippen LogP contribution in [0, 0.1) is 5.92 Å². The van der Waals surface area contributed by atoms with Crippen molar-refractivity contribution >= 4 is 11.0 Å². The van der Waals surface area contributed by atoms with E-state index in [-0.39, 0.29) is 45.6 Å². The van der Waals surface area contributed by atoms with Gasteiger partial charge in [-0.2, -0.15) is 0 Å². The highest BCUT2D eigenvalue weighted by Gasteiger charge is 2.47. The van der Waals surface area contributed by atoms with Gasteiger partial charge in [-0.3, -0.25) is 0 Å². The Balaban J connectivity index is 1.42. The Morgan fingerprint density at radius 2 is 1.44 bits per heavy atom. The standard InChI is InChI=1S/C28H32O13/c1-11-12(2)38-27(24(35)21(11)32)37-10-20-22(33)23(34)25(36)28(41-20)40-19-9-16-17(31)7-15(30)8-18(16)39-26(19)13-3-5-14(29)6-4-13/h3-9,11-12,20-25,27-28,32-36H,10H2,1-2H3,(H2-,29,30,31)/p+1/t11-,12-,20+,21+,22+,23-,24+,25+,27+,28+/m0/s1. The van der Waals surface area contributed by atoms with Gasteiger partial charge in [-0.15, -0.1) is 0 Å². The predicted octanol–water partition coefficient (Wildman–Crippen LogP) is 0.803. The molecular weight excluding hydrogens is 544 g/mol. The topological polar surface area (TPSA) is 210 Å². The number of aliphatic hydroxyl groups is 5. The van der Waals surface area contributed by atoms with Crippen molar-refractivity contribution in [2.24, 2.45) is 5.92 Å². The van der Waals surface area contributed by atoms with E-state index in [0.29, 0.717) is 5.56 Å². The molecule has 41 heavy (non-hydrogen) atoms. The van der Waals surface area contributed by atoms with Crippen LogP contribution in [0.15, 0.2) is 46.9 Å². The molecule has 2 fully saturated rings. The zero-order chi connectivity index (χ0) is 29.6. The highest BCUT2D eigenvalue weighted by molar-refractivity contribution is 5.88. The van der Waals surface area contributed by atoms with E-state index in [1.54, 1.807) is 13.8 Å². The van der Waals surface area contributed by atoms with Gasteiger partial charge < -0.3 is 59.8 Å². The van der Waals surface area contributed by atoms with Crippen molar-refractivity contribution in [3.8, 4) is 34.3 Å². The molecule has 0 saturated carbocycles. The summed E-state index contributed by atoms with van der Waals surface area (Å²) < 4.78 is 28.9. The molecule has 2 aromatic carbocycles. The maximum Gasteiger partial charge on any atom is 0.402 e. The van der Waals surface area contributed by atoms with Crippen LogP contribution >= 0.6 is 0 Å². The van der Waals surface area contributed by atoms with Crippen molar-refractivity contribution in [2.75, 3.05) is 6.61 Å². The number of phenolic OH excluding ortho intramolecular Hbond substituents is 3. The van der Waals surface area contributed by atoms with Gasteiger partial charge in [-0.1, -0.05) is 6.92 Å². The van der Waals surface area contributed by atoms with Crippen LogP contribution in [-0.4, -0.2) is 103 Å². The van der Waals surface area contributed by atoms with Gasteiger partial charge in [0.25, 0.3) is 0 Å². The van der Waals surface area contributed by atoms with Gasteiger partial charge >= 0.3 is 11.3 Å². The van der Waals surface area contributed by atoms with E-state index < -0.39 is 61.9 Å². The van der Waals surface area contributed by atoms with Crippen molar-refractivity contribution in [1.29, 1.82) is 0 Å². The summed E-state index contributed by atoms with van der Waals surface area (Å²) in [7, 11) is 0. The molecule has 13 heteroatoms. The first kappa shape index (κ1) is 29.2. The van der Waals surface area contributed by atoms with E-state index in [9.17, 15) is 40.9 Å². The Morgan fingerprint density at radius 1 is 0.756 bits per heavy atom. The van der Waals surface area contributed by atoms with Crippen LogP contribution in [-0.2, 0) is 14.2 Å². The summed E-state index contributed by atoms with van der Waals surface area (Å²) in [6.07, 6.45) is -12.1. The highest BCUT2D eigenvalue weighted by Crippen LogP contribution is 2.41. The molecule has 0 radical (unpaired) electrons. The highest BCUT2D eigenvalue weighted by atomic mass is 16.7. The quantitative estimate of drug-likeness (QED) is 0.191. The number of aromatic hydroxyl groups is 3. The molecule has 222 valence electrons. The van der Waals surface area contributed by atoms with Crippen LogP contribution in [0.3, 0.4) is 0 Å². The molecule has 3 aromatic rings. The summed E-state index contributed by atoms with van der Waals surface area (Å²) in [5, 5.41) is 82.7. The van der Waals surface area contributed by atoms with Gasteiger partial charge in [0.15, 0.2) is 6.29 Å². The molecule has 0 spiro atoms. The molecule has 10 atom stereocenters. The Hall–Kier alpha value is -3.27. The van der Waals surface area contributed by atoms with Crippen LogP contribution < -0.4 is 4.74 Å². The second-order valence-electron chi connectivity index (χ2n) is 10.4. The van der Waals surface area contributed by atoms with E-state index >= 15 is 0 Å². The lowest BCUT2D eigenvalue weighted by Gasteiger charge is -2.42. The zero-order valence-electron chi connectivity index (χ0n) is 22.1. The molecule has 0 unspecified atom stereocenters. The summed E-state index contributed by atoms with van der Waals surface area (Å²) in [5.74, 6) is -0.916. The lowest BCUT2D eigenvalue weighted by molar-refractivity contribution is -0.312. The van der Waals surface area contributed by atoms with Crippen LogP contribution in [0.25, 0.3) is 22.3 Å². The van der Waals surface area contributed by atoms with Gasteiger partial charge in [-0.25, -0.2) is 4.42 Å². The molecule has 5 rings (SSSR count). The fourth-order valence-corrected chi connectivity index (χ4v) is 4.86.